The molecule has 1 aromatic carbocycles. The van der Waals surface area contributed by atoms with Crippen LogP contribution in [-0.2, 0) is 6.54 Å². The molecule has 0 saturated heterocycles. The van der Waals surface area contributed by atoms with E-state index >= 15 is 0 Å². The van der Waals surface area contributed by atoms with E-state index in [1.807, 2.05) is 26.0 Å². The fourth-order valence-corrected chi connectivity index (χ4v) is 2.63. The van der Waals surface area contributed by atoms with Crippen molar-refractivity contribution in [3.63, 3.8) is 0 Å². The van der Waals surface area contributed by atoms with Crippen LogP contribution in [0.3, 0.4) is 0 Å². The first-order valence-corrected chi connectivity index (χ1v) is 8.37. The molecule has 1 aromatic heterocycles. The van der Waals surface area contributed by atoms with Gasteiger partial charge in [0.05, 0.1) is 6.54 Å². The summed E-state index contributed by atoms with van der Waals surface area (Å²) in [4.78, 5) is 0. The van der Waals surface area contributed by atoms with Gasteiger partial charge < -0.3 is 10.1 Å². The molecule has 1 N–H and O–H groups in total. The van der Waals surface area contributed by atoms with E-state index in [-0.39, 0.29) is 5.54 Å². The molecule has 0 radical (unpaired) electrons. The third-order valence-electron chi connectivity index (χ3n) is 2.83. The van der Waals surface area contributed by atoms with Crippen LogP contribution in [0.2, 0.25) is 0 Å². The first-order chi connectivity index (χ1) is 9.74. The Labute approximate surface area is 138 Å². The average molecular weight is 370 g/mol. The van der Waals surface area contributed by atoms with Gasteiger partial charge in [0.15, 0.2) is 0 Å². The molecule has 0 aliphatic heterocycles. The average Bonchev–Trinajstić information content (AvgIpc) is 2.80. The van der Waals surface area contributed by atoms with Gasteiger partial charge in [0, 0.05) is 10.0 Å². The number of nitrogens with one attached hydrogen (secondary N) is 1. The molecule has 21 heavy (non-hydrogen) atoms. The second-order valence-corrected chi connectivity index (χ2v) is 7.86. The maximum Gasteiger partial charge on any atom is 0.299 e. The van der Waals surface area contributed by atoms with E-state index in [1.54, 1.807) is 0 Å². The van der Waals surface area contributed by atoms with Gasteiger partial charge in [-0.05, 0) is 57.9 Å². The predicted molar refractivity (Wildman–Crippen MR) is 90.2 cm³/mol. The second kappa shape index (κ2) is 6.42. The highest BCUT2D eigenvalue weighted by Gasteiger charge is 2.12. The van der Waals surface area contributed by atoms with Crippen LogP contribution in [-0.4, -0.2) is 15.7 Å². The van der Waals surface area contributed by atoms with Gasteiger partial charge in [-0.2, -0.15) is 0 Å². The molecule has 2 aromatic rings. The fourth-order valence-electron chi connectivity index (χ4n) is 1.76. The molecule has 0 atom stereocenters. The lowest BCUT2D eigenvalue weighted by molar-refractivity contribution is 0.423. The minimum absolute atomic E-state index is 0.0621. The first-order valence-electron chi connectivity index (χ1n) is 6.76. The van der Waals surface area contributed by atoms with E-state index in [2.05, 4.69) is 52.2 Å². The van der Waals surface area contributed by atoms with Gasteiger partial charge in [-0.3, -0.25) is 0 Å². The van der Waals surface area contributed by atoms with Gasteiger partial charge in [0.2, 0.25) is 0 Å². The van der Waals surface area contributed by atoms with E-state index in [9.17, 15) is 0 Å². The molecule has 114 valence electrons. The maximum atomic E-state index is 5.80. The molecule has 0 amide bonds. The number of hydrogen-bond acceptors (Lipinski definition) is 5. The van der Waals surface area contributed by atoms with Crippen molar-refractivity contribution in [1.82, 2.24) is 15.5 Å². The van der Waals surface area contributed by atoms with E-state index in [4.69, 9.17) is 4.74 Å². The number of rotatable bonds is 4. The number of aryl methyl sites for hydroxylation is 2. The molecular formula is C15H20BrN3OS. The number of hydrogen-bond donors (Lipinski definition) is 1. The summed E-state index contributed by atoms with van der Waals surface area (Å²) in [6.07, 6.45) is 0. The predicted octanol–water partition coefficient (Wildman–Crippen LogP) is 4.60. The smallest absolute Gasteiger partial charge is 0.299 e. The third-order valence-corrected chi connectivity index (χ3v) is 4.89. The Kier molecular flexibility index (Phi) is 5.01. The highest BCUT2D eigenvalue weighted by atomic mass is 79.9. The number of nitrogens with zero attached hydrogens (tertiary/aromatic N) is 2. The standard InChI is InChI=1S/C15H20BrN3OS/c1-9-6-11(7-10(2)13(9)16)20-14-19-18-12(21-14)8-17-15(3,4)5/h6-7,17H,8H2,1-5H3. The summed E-state index contributed by atoms with van der Waals surface area (Å²) in [7, 11) is 0. The summed E-state index contributed by atoms with van der Waals surface area (Å²) in [5, 5.41) is 13.1. The molecule has 0 fully saturated rings. The largest absolute Gasteiger partial charge is 0.430 e. The summed E-state index contributed by atoms with van der Waals surface area (Å²) < 4.78 is 6.92. The van der Waals surface area contributed by atoms with Gasteiger partial charge in [0.1, 0.15) is 10.8 Å². The van der Waals surface area contributed by atoms with E-state index in [0.29, 0.717) is 11.7 Å². The Balaban J connectivity index is 2.06. The zero-order valence-electron chi connectivity index (χ0n) is 13.0. The van der Waals surface area contributed by atoms with Crippen LogP contribution in [0.4, 0.5) is 0 Å². The summed E-state index contributed by atoms with van der Waals surface area (Å²) in [5.41, 5.74) is 2.35. The normalized spacial score (nSPS) is 11.7. The van der Waals surface area contributed by atoms with Crippen molar-refractivity contribution in [2.75, 3.05) is 0 Å². The monoisotopic (exact) mass is 369 g/mol. The number of ether oxygens (including phenoxy) is 1. The first kappa shape index (κ1) is 16.4. The summed E-state index contributed by atoms with van der Waals surface area (Å²) in [5.74, 6) is 0.791. The van der Waals surface area contributed by atoms with Crippen LogP contribution in [0.5, 0.6) is 10.9 Å². The summed E-state index contributed by atoms with van der Waals surface area (Å²) in [6, 6.07) is 3.98. The van der Waals surface area contributed by atoms with Crippen LogP contribution in [0.1, 0.15) is 36.9 Å². The molecule has 6 heteroatoms. The van der Waals surface area contributed by atoms with Crippen LogP contribution in [0.25, 0.3) is 0 Å². The van der Waals surface area contributed by atoms with Gasteiger partial charge in [-0.25, -0.2) is 0 Å². The molecular weight excluding hydrogens is 350 g/mol. The van der Waals surface area contributed by atoms with Crippen LogP contribution >= 0.6 is 27.3 Å². The Bertz CT molecular complexity index is 611. The second-order valence-electron chi connectivity index (χ2n) is 6.04. The van der Waals surface area contributed by atoms with Crippen LogP contribution in [0.15, 0.2) is 16.6 Å². The molecule has 0 bridgehead atoms. The maximum absolute atomic E-state index is 5.80. The van der Waals surface area contributed by atoms with Gasteiger partial charge in [0.25, 0.3) is 5.19 Å². The Hall–Kier alpha value is -0.980. The lowest BCUT2D eigenvalue weighted by Crippen LogP contribution is -2.35. The van der Waals surface area contributed by atoms with E-state index < -0.39 is 0 Å². The minimum atomic E-state index is 0.0621. The molecule has 0 saturated carbocycles. The lowest BCUT2D eigenvalue weighted by Gasteiger charge is -2.19. The van der Waals surface area contributed by atoms with Crippen molar-refractivity contribution >= 4 is 27.3 Å². The molecule has 2 rings (SSSR count). The third kappa shape index (κ3) is 4.76. The SMILES string of the molecule is Cc1cc(Oc2nnc(CNC(C)(C)C)s2)cc(C)c1Br. The van der Waals surface area contributed by atoms with E-state index in [1.165, 1.54) is 11.3 Å². The molecule has 0 spiro atoms. The van der Waals surface area contributed by atoms with Crippen LogP contribution in [0, 0.1) is 13.8 Å². The van der Waals surface area contributed by atoms with Crippen LogP contribution < -0.4 is 10.1 Å². The van der Waals surface area contributed by atoms with Gasteiger partial charge >= 0.3 is 0 Å². The molecule has 1 heterocycles. The zero-order valence-corrected chi connectivity index (χ0v) is 15.4. The summed E-state index contributed by atoms with van der Waals surface area (Å²) in [6.45, 7) is 11.2. The molecule has 0 aliphatic carbocycles. The highest BCUT2D eigenvalue weighted by molar-refractivity contribution is 9.10. The van der Waals surface area contributed by atoms with Crippen molar-refractivity contribution < 1.29 is 4.74 Å². The summed E-state index contributed by atoms with van der Waals surface area (Å²) >= 11 is 5.02. The van der Waals surface area contributed by atoms with Crippen molar-refractivity contribution in [2.45, 2.75) is 46.7 Å². The van der Waals surface area contributed by atoms with E-state index in [0.717, 1.165) is 26.4 Å². The topological polar surface area (TPSA) is 47.0 Å². The molecule has 4 nitrogen and oxygen atoms in total. The fraction of sp³-hybridized carbons (Fsp3) is 0.467. The molecule has 0 unspecified atom stereocenters. The highest BCUT2D eigenvalue weighted by Crippen LogP contribution is 2.30. The van der Waals surface area contributed by atoms with Crippen molar-refractivity contribution in [3.05, 3.63) is 32.7 Å². The Morgan fingerprint density at radius 1 is 1.19 bits per heavy atom. The Morgan fingerprint density at radius 3 is 2.38 bits per heavy atom. The van der Waals surface area contributed by atoms with Crippen molar-refractivity contribution in [3.8, 4) is 10.9 Å². The number of aromatic nitrogens is 2. The van der Waals surface area contributed by atoms with Crippen molar-refractivity contribution in [2.24, 2.45) is 0 Å². The van der Waals surface area contributed by atoms with Crippen molar-refractivity contribution in [1.29, 1.82) is 0 Å². The number of benzene rings is 1. The van der Waals surface area contributed by atoms with Gasteiger partial charge in [-0.15, -0.1) is 5.10 Å². The zero-order chi connectivity index (χ0) is 15.6. The Morgan fingerprint density at radius 2 is 1.81 bits per heavy atom. The van der Waals surface area contributed by atoms with Gasteiger partial charge in [-0.1, -0.05) is 32.4 Å². The quantitative estimate of drug-likeness (QED) is 0.855. The minimum Gasteiger partial charge on any atom is -0.430 e. The lowest BCUT2D eigenvalue weighted by atomic mass is 10.1. The number of halogens is 1. The molecule has 0 aliphatic rings.